The number of nitrogens with zero attached hydrogens (tertiary/aromatic N) is 4. The summed E-state index contributed by atoms with van der Waals surface area (Å²) >= 11 is 0. The molecular weight excluding hydrogens is 245 g/mol. The van der Waals surface area contributed by atoms with Crippen LogP contribution in [-0.2, 0) is 20.6 Å². The average Bonchev–Trinajstić information content (AvgIpc) is 2.81. The van der Waals surface area contributed by atoms with Crippen LogP contribution >= 0.6 is 0 Å². The topological polar surface area (TPSA) is 26.6 Å². The Morgan fingerprint density at radius 3 is 2.61 bits per heavy atom. The van der Waals surface area contributed by atoms with E-state index in [0.717, 1.165) is 0 Å². The number of hydrogen-bond donors (Lipinski definition) is 0. The van der Waals surface area contributed by atoms with Gasteiger partial charge < -0.3 is 4.57 Å². The summed E-state index contributed by atoms with van der Waals surface area (Å²) in [5.41, 5.74) is 0. The van der Waals surface area contributed by atoms with Gasteiger partial charge in [-0.25, -0.2) is 14.1 Å². The molecule has 4 nitrogen and oxygen atoms in total. The third-order valence-electron chi connectivity index (χ3n) is 2.73. The molecule has 7 heteroatoms. The summed E-state index contributed by atoms with van der Waals surface area (Å²) in [5.74, 6) is 1.30. The number of imidazole rings is 2. The van der Waals surface area contributed by atoms with E-state index in [1.165, 1.54) is 0 Å². The summed E-state index contributed by atoms with van der Waals surface area (Å²) in [6.07, 6.45) is 1.74. The number of aryl methyl sites for hydroxylation is 3. The number of alkyl halides is 3. The van der Waals surface area contributed by atoms with E-state index < -0.39 is 12.6 Å². The quantitative estimate of drug-likeness (QED) is 0.770. The molecule has 0 aliphatic heterocycles. The molecule has 0 fully saturated rings. The van der Waals surface area contributed by atoms with Crippen molar-refractivity contribution in [1.82, 2.24) is 14.1 Å². The zero-order valence-corrected chi connectivity index (χ0v) is 10.1. The Kier molecular flexibility index (Phi) is 3.14. The van der Waals surface area contributed by atoms with E-state index in [1.807, 2.05) is 7.05 Å². The van der Waals surface area contributed by atoms with Crippen molar-refractivity contribution in [2.24, 2.45) is 14.1 Å². The zero-order valence-electron chi connectivity index (χ0n) is 10.1. The van der Waals surface area contributed by atoms with E-state index in [2.05, 4.69) is 4.98 Å². The van der Waals surface area contributed by atoms with Gasteiger partial charge in [-0.2, -0.15) is 13.2 Å². The SMILES string of the molecule is Cn1ccnc1-c1n(CCC(F)(F)F)cc[n+]1C. The van der Waals surface area contributed by atoms with Crippen LogP contribution < -0.4 is 4.57 Å². The van der Waals surface area contributed by atoms with Crippen molar-refractivity contribution in [3.63, 3.8) is 0 Å². The molecule has 0 spiro atoms. The molecule has 0 aliphatic rings. The lowest BCUT2D eigenvalue weighted by molar-refractivity contribution is -0.660. The summed E-state index contributed by atoms with van der Waals surface area (Å²) < 4.78 is 41.9. The molecule has 2 heterocycles. The van der Waals surface area contributed by atoms with Gasteiger partial charge in [-0.15, -0.1) is 0 Å². The van der Waals surface area contributed by atoms with Gasteiger partial charge in [0, 0.05) is 19.4 Å². The van der Waals surface area contributed by atoms with E-state index in [1.54, 1.807) is 45.5 Å². The first kappa shape index (κ1) is 12.7. The minimum atomic E-state index is -4.15. The van der Waals surface area contributed by atoms with E-state index >= 15 is 0 Å². The second kappa shape index (κ2) is 4.47. The second-order valence-corrected chi connectivity index (χ2v) is 4.15. The zero-order chi connectivity index (χ0) is 13.3. The average molecular weight is 259 g/mol. The predicted molar refractivity (Wildman–Crippen MR) is 58.5 cm³/mol. The van der Waals surface area contributed by atoms with Crippen LogP contribution in [0.1, 0.15) is 6.42 Å². The fourth-order valence-electron chi connectivity index (χ4n) is 1.82. The number of hydrogen-bond acceptors (Lipinski definition) is 1. The molecule has 2 aromatic heterocycles. The lowest BCUT2D eigenvalue weighted by atomic mass is 10.4. The minimum absolute atomic E-state index is 0.105. The number of aromatic nitrogens is 4. The van der Waals surface area contributed by atoms with Crippen LogP contribution in [0.4, 0.5) is 13.2 Å². The van der Waals surface area contributed by atoms with Crippen LogP contribution in [0.5, 0.6) is 0 Å². The Bertz CT molecular complexity index is 539. The fourth-order valence-corrected chi connectivity index (χ4v) is 1.82. The largest absolute Gasteiger partial charge is 0.392 e. The van der Waals surface area contributed by atoms with E-state index in [0.29, 0.717) is 11.6 Å². The summed E-state index contributed by atoms with van der Waals surface area (Å²) in [6.45, 7) is -0.105. The highest BCUT2D eigenvalue weighted by atomic mass is 19.4. The molecule has 0 aliphatic carbocycles. The second-order valence-electron chi connectivity index (χ2n) is 4.15. The lowest BCUT2D eigenvalue weighted by Gasteiger charge is -2.06. The molecule has 0 unspecified atom stereocenters. The van der Waals surface area contributed by atoms with Gasteiger partial charge in [-0.05, 0) is 0 Å². The summed E-state index contributed by atoms with van der Waals surface area (Å²) in [7, 11) is 3.59. The van der Waals surface area contributed by atoms with Gasteiger partial charge >= 0.3 is 12.0 Å². The smallest absolute Gasteiger partial charge is 0.328 e. The van der Waals surface area contributed by atoms with Gasteiger partial charge in [-0.1, -0.05) is 0 Å². The third kappa shape index (κ3) is 2.55. The molecule has 0 saturated carbocycles. The van der Waals surface area contributed by atoms with Gasteiger partial charge in [0.25, 0.3) is 0 Å². The Labute approximate surface area is 102 Å². The monoisotopic (exact) mass is 259 g/mol. The van der Waals surface area contributed by atoms with Crippen LogP contribution in [0.2, 0.25) is 0 Å². The first-order chi connectivity index (χ1) is 8.38. The Balaban J connectivity index is 2.31. The molecule has 0 N–H and O–H groups in total. The summed E-state index contributed by atoms with van der Waals surface area (Å²) in [4.78, 5) is 4.16. The molecule has 98 valence electrons. The minimum Gasteiger partial charge on any atom is -0.328 e. The molecule has 0 atom stereocenters. The first-order valence-corrected chi connectivity index (χ1v) is 5.48. The van der Waals surface area contributed by atoms with Crippen molar-refractivity contribution in [2.45, 2.75) is 19.1 Å². The van der Waals surface area contributed by atoms with Crippen molar-refractivity contribution in [3.8, 4) is 11.6 Å². The molecule has 18 heavy (non-hydrogen) atoms. The number of rotatable bonds is 3. The van der Waals surface area contributed by atoms with Crippen LogP contribution in [0.15, 0.2) is 24.8 Å². The lowest BCUT2D eigenvalue weighted by Crippen LogP contribution is -2.30. The predicted octanol–water partition coefficient (Wildman–Crippen LogP) is 1.67. The van der Waals surface area contributed by atoms with Gasteiger partial charge in [-0.3, -0.25) is 0 Å². The Morgan fingerprint density at radius 2 is 2.06 bits per heavy atom. The Morgan fingerprint density at radius 1 is 1.33 bits per heavy atom. The highest BCUT2D eigenvalue weighted by Gasteiger charge is 2.30. The van der Waals surface area contributed by atoms with Gasteiger partial charge in [0.1, 0.15) is 12.4 Å². The van der Waals surface area contributed by atoms with Gasteiger partial charge in [0.2, 0.25) is 5.82 Å². The molecular formula is C11H14F3N4+. The van der Waals surface area contributed by atoms with E-state index in [-0.39, 0.29) is 6.54 Å². The van der Waals surface area contributed by atoms with Crippen molar-refractivity contribution < 1.29 is 17.7 Å². The van der Waals surface area contributed by atoms with Crippen LogP contribution in [0.3, 0.4) is 0 Å². The number of halogens is 3. The maximum absolute atomic E-state index is 12.3. The molecule has 0 amide bonds. The fraction of sp³-hybridized carbons (Fsp3) is 0.455. The third-order valence-corrected chi connectivity index (χ3v) is 2.73. The summed E-state index contributed by atoms with van der Waals surface area (Å²) in [6, 6.07) is 0. The molecule has 0 aromatic carbocycles. The van der Waals surface area contributed by atoms with Crippen molar-refractivity contribution >= 4 is 0 Å². The molecule has 0 radical (unpaired) electrons. The van der Waals surface area contributed by atoms with Crippen LogP contribution in [0, 0.1) is 0 Å². The standard InChI is InChI=1S/C11H14F3N4/c1-16-6-4-15-9(16)10-17(2)7-8-18(10)5-3-11(12,13)14/h4,6-8H,3,5H2,1-2H3/q+1. The van der Waals surface area contributed by atoms with Crippen molar-refractivity contribution in [3.05, 3.63) is 24.8 Å². The first-order valence-electron chi connectivity index (χ1n) is 5.48. The normalized spacial score (nSPS) is 12.1. The van der Waals surface area contributed by atoms with Crippen LogP contribution in [0.25, 0.3) is 11.6 Å². The highest BCUT2D eigenvalue weighted by molar-refractivity contribution is 5.40. The maximum atomic E-state index is 12.3. The van der Waals surface area contributed by atoms with E-state index in [9.17, 15) is 13.2 Å². The van der Waals surface area contributed by atoms with E-state index in [4.69, 9.17) is 0 Å². The molecule has 2 rings (SSSR count). The molecule has 2 aromatic rings. The van der Waals surface area contributed by atoms with Gasteiger partial charge in [0.05, 0.1) is 20.0 Å². The van der Waals surface area contributed by atoms with Crippen molar-refractivity contribution in [1.29, 1.82) is 0 Å². The van der Waals surface area contributed by atoms with Crippen LogP contribution in [-0.4, -0.2) is 20.3 Å². The molecule has 0 saturated heterocycles. The van der Waals surface area contributed by atoms with Gasteiger partial charge in [0.15, 0.2) is 0 Å². The highest BCUT2D eigenvalue weighted by Crippen LogP contribution is 2.22. The molecule has 0 bridgehead atoms. The maximum Gasteiger partial charge on any atom is 0.392 e. The van der Waals surface area contributed by atoms with Crippen molar-refractivity contribution in [2.75, 3.05) is 0 Å². The Hall–Kier alpha value is -1.79. The summed E-state index contributed by atoms with van der Waals surface area (Å²) in [5, 5.41) is 0.